The third-order valence-corrected chi connectivity index (χ3v) is 4.44. The predicted octanol–water partition coefficient (Wildman–Crippen LogP) is 4.66. The van der Waals surface area contributed by atoms with Gasteiger partial charge in [0, 0.05) is 19.6 Å². The van der Waals surface area contributed by atoms with E-state index in [2.05, 4.69) is 0 Å². The van der Waals surface area contributed by atoms with E-state index in [-0.39, 0.29) is 12.4 Å². The Kier molecular flexibility index (Phi) is 9.68. The third kappa shape index (κ3) is 7.20. The molecule has 0 spiro atoms. The highest BCUT2D eigenvalue weighted by atomic mass is 35.5. The molecule has 0 aliphatic carbocycles. The summed E-state index contributed by atoms with van der Waals surface area (Å²) in [6.45, 7) is 1.50. The summed E-state index contributed by atoms with van der Waals surface area (Å²) in [5, 5.41) is 0. The zero-order valence-corrected chi connectivity index (χ0v) is 18.2. The van der Waals surface area contributed by atoms with E-state index in [4.69, 9.17) is 19.9 Å². The maximum Gasteiger partial charge on any atom is 0.415 e. The maximum absolute atomic E-state index is 12.6. The number of para-hydroxylation sites is 1. The molecule has 0 saturated heterocycles. The van der Waals surface area contributed by atoms with Crippen molar-refractivity contribution in [2.45, 2.75) is 13.2 Å². The van der Waals surface area contributed by atoms with Crippen LogP contribution in [0, 0.1) is 0 Å². The first-order valence-corrected chi connectivity index (χ1v) is 9.75. The van der Waals surface area contributed by atoms with Crippen LogP contribution in [0.3, 0.4) is 0 Å². The second kappa shape index (κ2) is 12.5. The van der Waals surface area contributed by atoms with E-state index in [1.165, 1.54) is 0 Å². The summed E-state index contributed by atoms with van der Waals surface area (Å²) >= 11 is 0. The van der Waals surface area contributed by atoms with Gasteiger partial charge < -0.3 is 24.8 Å². The molecular formula is C24H27ClN2O4. The minimum Gasteiger partial charge on any atom is -0.493 e. The number of halogens is 1. The van der Waals surface area contributed by atoms with Gasteiger partial charge in [-0.15, -0.1) is 12.4 Å². The number of methoxy groups -OCH3 is 1. The molecule has 0 aliphatic rings. The van der Waals surface area contributed by atoms with Crippen molar-refractivity contribution >= 4 is 18.5 Å². The fourth-order valence-electron chi connectivity index (χ4n) is 2.93. The highest BCUT2D eigenvalue weighted by Crippen LogP contribution is 2.29. The van der Waals surface area contributed by atoms with Crippen LogP contribution in [0.15, 0.2) is 78.9 Å². The minimum absolute atomic E-state index is 0. The molecule has 3 rings (SSSR count). The molecule has 3 aromatic carbocycles. The first-order chi connectivity index (χ1) is 14.7. The number of nitrogens with zero attached hydrogens (tertiary/aromatic N) is 1. The first kappa shape index (κ1) is 24.1. The van der Waals surface area contributed by atoms with Gasteiger partial charge in [-0.25, -0.2) is 4.79 Å². The highest BCUT2D eigenvalue weighted by molar-refractivity contribution is 5.85. The van der Waals surface area contributed by atoms with E-state index in [1.807, 2.05) is 66.7 Å². The van der Waals surface area contributed by atoms with E-state index in [0.29, 0.717) is 43.5 Å². The van der Waals surface area contributed by atoms with E-state index in [1.54, 1.807) is 24.1 Å². The summed E-state index contributed by atoms with van der Waals surface area (Å²) in [6, 6.07) is 24.5. The average Bonchev–Trinajstić information content (AvgIpc) is 2.79. The van der Waals surface area contributed by atoms with Crippen LogP contribution in [0.5, 0.6) is 17.2 Å². The normalized spacial score (nSPS) is 10.0. The first-order valence-electron chi connectivity index (χ1n) is 9.75. The molecule has 3 aromatic rings. The number of ether oxygens (including phenoxy) is 3. The van der Waals surface area contributed by atoms with Crippen molar-refractivity contribution in [2.24, 2.45) is 5.73 Å². The Labute approximate surface area is 188 Å². The lowest BCUT2D eigenvalue weighted by Gasteiger charge is -2.22. The quantitative estimate of drug-likeness (QED) is 0.522. The summed E-state index contributed by atoms with van der Waals surface area (Å²) in [5.74, 6) is 1.74. The molecule has 0 atom stereocenters. The zero-order chi connectivity index (χ0) is 21.2. The maximum atomic E-state index is 12.6. The minimum atomic E-state index is -0.449. The van der Waals surface area contributed by atoms with Crippen LogP contribution in [-0.2, 0) is 13.2 Å². The molecule has 0 aliphatic heterocycles. The molecular weight excluding hydrogens is 416 g/mol. The molecule has 0 heterocycles. The molecule has 0 fully saturated rings. The lowest BCUT2D eigenvalue weighted by Crippen LogP contribution is -2.36. The van der Waals surface area contributed by atoms with Crippen molar-refractivity contribution < 1.29 is 19.0 Å². The molecule has 0 unspecified atom stereocenters. The Morgan fingerprint density at radius 3 is 2.23 bits per heavy atom. The highest BCUT2D eigenvalue weighted by Gasteiger charge is 2.17. The van der Waals surface area contributed by atoms with Crippen LogP contribution in [-0.4, -0.2) is 31.2 Å². The van der Waals surface area contributed by atoms with Gasteiger partial charge in [-0.1, -0.05) is 54.6 Å². The number of carbonyl (C=O) groups is 1. The van der Waals surface area contributed by atoms with Crippen molar-refractivity contribution in [3.05, 3.63) is 90.0 Å². The summed E-state index contributed by atoms with van der Waals surface area (Å²) in [7, 11) is 1.59. The Morgan fingerprint density at radius 2 is 1.58 bits per heavy atom. The Balaban J connectivity index is 0.00000341. The number of hydrogen-bond donors (Lipinski definition) is 1. The van der Waals surface area contributed by atoms with Crippen molar-refractivity contribution in [1.29, 1.82) is 0 Å². The molecule has 31 heavy (non-hydrogen) atoms. The van der Waals surface area contributed by atoms with Gasteiger partial charge in [-0.3, -0.25) is 0 Å². The lowest BCUT2D eigenvalue weighted by molar-refractivity contribution is 0.150. The van der Waals surface area contributed by atoms with Crippen LogP contribution >= 0.6 is 12.4 Å². The van der Waals surface area contributed by atoms with Crippen LogP contribution in [0.2, 0.25) is 0 Å². The summed E-state index contributed by atoms with van der Waals surface area (Å²) < 4.78 is 16.8. The number of benzene rings is 3. The van der Waals surface area contributed by atoms with Gasteiger partial charge in [0.05, 0.1) is 7.11 Å². The Hall–Kier alpha value is -3.22. The van der Waals surface area contributed by atoms with E-state index >= 15 is 0 Å². The third-order valence-electron chi connectivity index (χ3n) is 4.44. The van der Waals surface area contributed by atoms with Crippen molar-refractivity contribution in [3.63, 3.8) is 0 Å². The summed E-state index contributed by atoms with van der Waals surface area (Å²) in [5.41, 5.74) is 7.65. The summed E-state index contributed by atoms with van der Waals surface area (Å²) in [6.07, 6.45) is -0.449. The van der Waals surface area contributed by atoms with Gasteiger partial charge in [0.15, 0.2) is 11.5 Å². The van der Waals surface area contributed by atoms with Gasteiger partial charge in [0.1, 0.15) is 12.4 Å². The number of carbonyl (C=O) groups excluding carboxylic acids is 1. The van der Waals surface area contributed by atoms with Crippen LogP contribution in [0.1, 0.15) is 11.1 Å². The SMILES string of the molecule is COc1cc(CN(CCN)C(=O)Oc2ccccc2)ccc1OCc1ccccc1.Cl. The number of nitrogens with two attached hydrogens (primary N) is 1. The van der Waals surface area contributed by atoms with Crippen molar-refractivity contribution in [2.75, 3.05) is 20.2 Å². The fraction of sp³-hybridized carbons (Fsp3) is 0.208. The second-order valence-corrected chi connectivity index (χ2v) is 6.65. The standard InChI is InChI=1S/C24H26N2O4.ClH/c1-28-23-16-20(12-13-22(23)29-18-19-8-4-2-5-9-19)17-26(15-14-25)24(27)30-21-10-6-3-7-11-21;/h2-13,16H,14-15,17-18,25H2,1H3;1H. The molecule has 0 radical (unpaired) electrons. The molecule has 6 nitrogen and oxygen atoms in total. The molecule has 1 amide bonds. The smallest absolute Gasteiger partial charge is 0.415 e. The zero-order valence-electron chi connectivity index (χ0n) is 17.4. The fourth-order valence-corrected chi connectivity index (χ4v) is 2.93. The van der Waals surface area contributed by atoms with Gasteiger partial charge in [0.25, 0.3) is 0 Å². The topological polar surface area (TPSA) is 74.0 Å². The molecule has 164 valence electrons. The average molecular weight is 443 g/mol. The largest absolute Gasteiger partial charge is 0.493 e. The number of hydrogen-bond acceptors (Lipinski definition) is 5. The van der Waals surface area contributed by atoms with Crippen molar-refractivity contribution in [1.82, 2.24) is 4.90 Å². The van der Waals surface area contributed by atoms with Crippen LogP contribution in [0.25, 0.3) is 0 Å². The van der Waals surface area contributed by atoms with Crippen LogP contribution < -0.4 is 19.9 Å². The lowest BCUT2D eigenvalue weighted by atomic mass is 10.2. The molecule has 7 heteroatoms. The molecule has 0 saturated carbocycles. The van der Waals surface area contributed by atoms with Crippen molar-refractivity contribution in [3.8, 4) is 17.2 Å². The van der Waals surface area contributed by atoms with E-state index in [9.17, 15) is 4.79 Å². The molecule has 2 N–H and O–H groups in total. The summed E-state index contributed by atoms with van der Waals surface area (Å²) in [4.78, 5) is 14.1. The Morgan fingerprint density at radius 1 is 0.903 bits per heavy atom. The monoisotopic (exact) mass is 442 g/mol. The van der Waals surface area contributed by atoms with Gasteiger partial charge in [-0.05, 0) is 35.4 Å². The number of rotatable bonds is 9. The molecule has 0 bridgehead atoms. The van der Waals surface area contributed by atoms with Gasteiger partial charge in [0.2, 0.25) is 0 Å². The van der Waals surface area contributed by atoms with Gasteiger partial charge >= 0.3 is 6.09 Å². The van der Waals surface area contributed by atoms with E-state index < -0.39 is 6.09 Å². The second-order valence-electron chi connectivity index (χ2n) is 6.65. The molecule has 0 aromatic heterocycles. The van der Waals surface area contributed by atoms with Crippen LogP contribution in [0.4, 0.5) is 4.79 Å². The van der Waals surface area contributed by atoms with Gasteiger partial charge in [-0.2, -0.15) is 0 Å². The Bertz CT molecular complexity index is 939. The predicted molar refractivity (Wildman–Crippen MR) is 123 cm³/mol. The van der Waals surface area contributed by atoms with E-state index in [0.717, 1.165) is 11.1 Å². The number of amides is 1.